The SMILES string of the molecule is Nc1ccccc1C(=O)OSc1ccccc1. The van der Waals surface area contributed by atoms with Crippen LogP contribution >= 0.6 is 12.0 Å². The first-order valence-electron chi connectivity index (χ1n) is 5.06. The first kappa shape index (κ1) is 11.5. The average Bonchev–Trinajstić information content (AvgIpc) is 2.38. The van der Waals surface area contributed by atoms with Gasteiger partial charge in [-0.05, 0) is 24.3 Å². The molecule has 4 heteroatoms. The third kappa shape index (κ3) is 3.01. The van der Waals surface area contributed by atoms with Crippen LogP contribution in [0.2, 0.25) is 0 Å². The predicted molar refractivity (Wildman–Crippen MR) is 68.6 cm³/mol. The standard InChI is InChI=1S/C13H11NO2S/c14-12-9-5-4-8-11(12)13(15)16-17-10-6-2-1-3-7-10/h1-9H,14H2. The van der Waals surface area contributed by atoms with Gasteiger partial charge in [0, 0.05) is 10.6 Å². The van der Waals surface area contributed by atoms with Crippen LogP contribution in [0.3, 0.4) is 0 Å². The molecule has 0 aromatic heterocycles. The fourth-order valence-electron chi connectivity index (χ4n) is 1.29. The summed E-state index contributed by atoms with van der Waals surface area (Å²) < 4.78 is 5.09. The molecule has 0 aliphatic heterocycles. The molecule has 2 aromatic rings. The molecule has 17 heavy (non-hydrogen) atoms. The van der Waals surface area contributed by atoms with Crippen LogP contribution in [0.15, 0.2) is 59.5 Å². The van der Waals surface area contributed by atoms with Gasteiger partial charge in [0.1, 0.15) is 0 Å². The summed E-state index contributed by atoms with van der Waals surface area (Å²) in [4.78, 5) is 12.6. The lowest BCUT2D eigenvalue weighted by Gasteiger charge is -2.04. The Morgan fingerprint density at radius 2 is 1.65 bits per heavy atom. The zero-order valence-corrected chi connectivity index (χ0v) is 9.81. The molecule has 0 radical (unpaired) electrons. The second kappa shape index (κ2) is 5.41. The van der Waals surface area contributed by atoms with Crippen molar-refractivity contribution in [2.45, 2.75) is 4.90 Å². The van der Waals surface area contributed by atoms with E-state index in [-0.39, 0.29) is 0 Å². The molecule has 0 spiro atoms. The van der Waals surface area contributed by atoms with E-state index >= 15 is 0 Å². The summed E-state index contributed by atoms with van der Waals surface area (Å²) in [6.45, 7) is 0. The van der Waals surface area contributed by atoms with Crippen molar-refractivity contribution in [3.63, 3.8) is 0 Å². The van der Waals surface area contributed by atoms with Gasteiger partial charge >= 0.3 is 5.97 Å². The third-order valence-corrected chi connectivity index (χ3v) is 2.84. The molecule has 0 bridgehead atoms. The van der Waals surface area contributed by atoms with E-state index in [1.807, 2.05) is 30.3 Å². The van der Waals surface area contributed by atoms with Gasteiger partial charge in [-0.2, -0.15) is 0 Å². The van der Waals surface area contributed by atoms with E-state index in [4.69, 9.17) is 9.92 Å². The van der Waals surface area contributed by atoms with E-state index in [0.717, 1.165) is 16.9 Å². The topological polar surface area (TPSA) is 52.3 Å². The Balaban J connectivity index is 2.01. The first-order valence-corrected chi connectivity index (χ1v) is 5.80. The number of carbonyl (C=O) groups excluding carboxylic acids is 1. The Morgan fingerprint density at radius 3 is 2.35 bits per heavy atom. The second-order valence-corrected chi connectivity index (χ2v) is 4.16. The Bertz CT molecular complexity index is 514. The molecule has 0 unspecified atom stereocenters. The van der Waals surface area contributed by atoms with Gasteiger partial charge in [0.25, 0.3) is 0 Å². The van der Waals surface area contributed by atoms with Crippen LogP contribution in [0.25, 0.3) is 0 Å². The molecule has 0 saturated heterocycles. The van der Waals surface area contributed by atoms with E-state index < -0.39 is 5.97 Å². The molecule has 0 heterocycles. The number of hydrogen-bond acceptors (Lipinski definition) is 4. The summed E-state index contributed by atoms with van der Waals surface area (Å²) >= 11 is 1.03. The van der Waals surface area contributed by atoms with Crippen LogP contribution in [0, 0.1) is 0 Å². The smallest absolute Gasteiger partial charge is 0.352 e. The van der Waals surface area contributed by atoms with Gasteiger partial charge in [0.05, 0.1) is 17.6 Å². The minimum atomic E-state index is -0.433. The highest BCUT2D eigenvalue weighted by atomic mass is 32.2. The maximum atomic E-state index is 11.7. The molecular formula is C13H11NO2S. The predicted octanol–water partition coefficient (Wildman–Crippen LogP) is 3.13. The highest BCUT2D eigenvalue weighted by Gasteiger charge is 2.11. The van der Waals surface area contributed by atoms with Crippen molar-refractivity contribution in [3.8, 4) is 0 Å². The van der Waals surface area contributed by atoms with Crippen LogP contribution in [0.4, 0.5) is 5.69 Å². The quantitative estimate of drug-likeness (QED) is 0.666. The summed E-state index contributed by atoms with van der Waals surface area (Å²) in [5, 5.41) is 0. The lowest BCUT2D eigenvalue weighted by molar-refractivity contribution is 0.0769. The van der Waals surface area contributed by atoms with Gasteiger partial charge in [-0.1, -0.05) is 30.3 Å². The minimum Gasteiger partial charge on any atom is -0.398 e. The maximum Gasteiger partial charge on any atom is 0.352 e. The lowest BCUT2D eigenvalue weighted by Crippen LogP contribution is -2.03. The summed E-state index contributed by atoms with van der Waals surface area (Å²) in [5.74, 6) is -0.433. The Morgan fingerprint density at radius 1 is 1.00 bits per heavy atom. The number of carbonyl (C=O) groups is 1. The monoisotopic (exact) mass is 245 g/mol. The van der Waals surface area contributed by atoms with Crippen molar-refractivity contribution in [1.82, 2.24) is 0 Å². The Hall–Kier alpha value is -1.94. The fourth-order valence-corrected chi connectivity index (χ4v) is 1.82. The van der Waals surface area contributed by atoms with Crippen LogP contribution in [-0.4, -0.2) is 5.97 Å². The van der Waals surface area contributed by atoms with E-state index in [2.05, 4.69) is 0 Å². The molecule has 2 rings (SSSR count). The summed E-state index contributed by atoms with van der Waals surface area (Å²) in [6.07, 6.45) is 0. The molecule has 3 nitrogen and oxygen atoms in total. The number of rotatable bonds is 3. The van der Waals surface area contributed by atoms with Crippen molar-refractivity contribution in [2.75, 3.05) is 5.73 Å². The fraction of sp³-hybridized carbons (Fsp3) is 0. The number of benzene rings is 2. The second-order valence-electron chi connectivity index (χ2n) is 3.35. The van der Waals surface area contributed by atoms with Crippen LogP contribution in [-0.2, 0) is 4.18 Å². The molecule has 0 amide bonds. The van der Waals surface area contributed by atoms with Crippen molar-refractivity contribution >= 4 is 23.7 Å². The molecule has 0 atom stereocenters. The number of para-hydroxylation sites is 1. The van der Waals surface area contributed by atoms with Gasteiger partial charge in [0.15, 0.2) is 0 Å². The van der Waals surface area contributed by atoms with Crippen molar-refractivity contribution in [1.29, 1.82) is 0 Å². The number of hydrogen-bond donors (Lipinski definition) is 1. The summed E-state index contributed by atoms with van der Waals surface area (Å²) in [6, 6.07) is 16.2. The highest BCUT2D eigenvalue weighted by molar-refractivity contribution is 7.95. The van der Waals surface area contributed by atoms with Gasteiger partial charge < -0.3 is 9.92 Å². The van der Waals surface area contributed by atoms with E-state index in [0.29, 0.717) is 11.3 Å². The maximum absolute atomic E-state index is 11.7. The highest BCUT2D eigenvalue weighted by Crippen LogP contribution is 2.21. The van der Waals surface area contributed by atoms with Gasteiger partial charge in [-0.25, -0.2) is 4.79 Å². The zero-order valence-electron chi connectivity index (χ0n) is 9.00. The van der Waals surface area contributed by atoms with E-state index in [1.54, 1.807) is 24.3 Å². The molecule has 2 N–H and O–H groups in total. The Labute approximate surface area is 104 Å². The number of nitrogen functional groups attached to an aromatic ring is 1. The van der Waals surface area contributed by atoms with Crippen LogP contribution in [0.5, 0.6) is 0 Å². The van der Waals surface area contributed by atoms with E-state index in [9.17, 15) is 4.79 Å². The number of nitrogens with two attached hydrogens (primary N) is 1. The molecule has 0 aliphatic carbocycles. The summed E-state index contributed by atoms with van der Waals surface area (Å²) in [5.41, 5.74) is 6.49. The lowest BCUT2D eigenvalue weighted by atomic mass is 10.2. The minimum absolute atomic E-state index is 0.385. The third-order valence-electron chi connectivity index (χ3n) is 2.14. The largest absolute Gasteiger partial charge is 0.398 e. The van der Waals surface area contributed by atoms with Crippen molar-refractivity contribution in [2.24, 2.45) is 0 Å². The van der Waals surface area contributed by atoms with Crippen molar-refractivity contribution < 1.29 is 8.98 Å². The van der Waals surface area contributed by atoms with E-state index in [1.165, 1.54) is 0 Å². The summed E-state index contributed by atoms with van der Waals surface area (Å²) in [7, 11) is 0. The zero-order chi connectivity index (χ0) is 12.1. The molecular weight excluding hydrogens is 234 g/mol. The molecule has 2 aromatic carbocycles. The Kier molecular flexibility index (Phi) is 3.67. The molecule has 0 aliphatic rings. The van der Waals surface area contributed by atoms with Crippen LogP contribution < -0.4 is 5.73 Å². The first-order chi connectivity index (χ1) is 8.27. The molecule has 0 saturated carbocycles. The number of anilines is 1. The molecule has 0 fully saturated rings. The van der Waals surface area contributed by atoms with Gasteiger partial charge in [-0.15, -0.1) is 0 Å². The normalized spacial score (nSPS) is 9.88. The van der Waals surface area contributed by atoms with Gasteiger partial charge in [-0.3, -0.25) is 0 Å². The average molecular weight is 245 g/mol. The van der Waals surface area contributed by atoms with Crippen LogP contribution in [0.1, 0.15) is 10.4 Å². The van der Waals surface area contributed by atoms with Gasteiger partial charge in [0.2, 0.25) is 0 Å². The van der Waals surface area contributed by atoms with Crippen molar-refractivity contribution in [3.05, 3.63) is 60.2 Å². The molecule has 86 valence electrons.